The largest absolute Gasteiger partial charge is 0.298 e. The van der Waals surface area contributed by atoms with Crippen LogP contribution in [-0.4, -0.2) is 5.78 Å². The van der Waals surface area contributed by atoms with Crippen LogP contribution in [0, 0.1) is 11.3 Å². The predicted octanol–water partition coefficient (Wildman–Crippen LogP) is 3.99. The molecule has 0 aromatic heterocycles. The number of hydrogen-bond acceptors (Lipinski definition) is 1. The SMILES string of the molecule is C=CCC1CCC2=CCC=CC2(CC=C)C1=O. The third kappa shape index (κ3) is 1.95. The van der Waals surface area contributed by atoms with E-state index in [0.29, 0.717) is 5.78 Å². The number of carbonyl (C=O) groups excluding carboxylic acids is 1. The molecule has 2 rings (SSSR count). The highest BCUT2D eigenvalue weighted by atomic mass is 16.1. The van der Waals surface area contributed by atoms with Crippen molar-refractivity contribution >= 4 is 5.78 Å². The number of carbonyl (C=O) groups is 1. The highest BCUT2D eigenvalue weighted by Gasteiger charge is 2.45. The molecule has 2 aliphatic rings. The van der Waals surface area contributed by atoms with Crippen LogP contribution in [0.15, 0.2) is 49.1 Å². The Balaban J connectivity index is 2.35. The molecule has 1 heteroatoms. The summed E-state index contributed by atoms with van der Waals surface area (Å²) in [6.45, 7) is 7.57. The second-order valence-electron chi connectivity index (χ2n) is 4.96. The molecule has 90 valence electrons. The van der Waals surface area contributed by atoms with E-state index in [9.17, 15) is 4.79 Å². The fraction of sp³-hybridized carbons (Fsp3) is 0.438. The fourth-order valence-electron chi connectivity index (χ4n) is 3.11. The van der Waals surface area contributed by atoms with Gasteiger partial charge in [0.15, 0.2) is 5.78 Å². The molecule has 2 atom stereocenters. The lowest BCUT2D eigenvalue weighted by Gasteiger charge is -2.40. The van der Waals surface area contributed by atoms with Gasteiger partial charge in [-0.3, -0.25) is 4.79 Å². The first kappa shape index (κ1) is 12.1. The van der Waals surface area contributed by atoms with Crippen LogP contribution < -0.4 is 0 Å². The van der Waals surface area contributed by atoms with Crippen molar-refractivity contribution in [2.24, 2.45) is 11.3 Å². The standard InChI is InChI=1S/C16H20O/c1-3-7-13-9-10-14-8-5-6-12-16(14,11-4-2)15(13)17/h3-4,6,8,12-13H,1-2,5,7,9-11H2. The van der Waals surface area contributed by atoms with Crippen molar-refractivity contribution in [1.82, 2.24) is 0 Å². The van der Waals surface area contributed by atoms with Gasteiger partial charge in [0.05, 0.1) is 5.41 Å². The van der Waals surface area contributed by atoms with Crippen molar-refractivity contribution in [3.63, 3.8) is 0 Å². The number of fused-ring (bicyclic) bond motifs is 1. The Bertz CT molecular complexity index is 400. The molecule has 0 spiro atoms. The van der Waals surface area contributed by atoms with Gasteiger partial charge in [-0.05, 0) is 32.1 Å². The van der Waals surface area contributed by atoms with Crippen LogP contribution in [0.2, 0.25) is 0 Å². The topological polar surface area (TPSA) is 17.1 Å². The molecule has 0 aliphatic heterocycles. The lowest BCUT2D eigenvalue weighted by atomic mass is 9.61. The van der Waals surface area contributed by atoms with E-state index in [1.54, 1.807) is 0 Å². The predicted molar refractivity (Wildman–Crippen MR) is 71.6 cm³/mol. The summed E-state index contributed by atoms with van der Waals surface area (Å²) in [5.74, 6) is 0.512. The minimum atomic E-state index is -0.369. The van der Waals surface area contributed by atoms with Crippen LogP contribution in [0.25, 0.3) is 0 Å². The lowest BCUT2D eigenvalue weighted by molar-refractivity contribution is -0.130. The van der Waals surface area contributed by atoms with Crippen molar-refractivity contribution in [3.05, 3.63) is 49.1 Å². The molecular formula is C16H20O. The minimum Gasteiger partial charge on any atom is -0.298 e. The zero-order valence-corrected chi connectivity index (χ0v) is 10.3. The molecule has 0 aromatic rings. The third-order valence-corrected chi connectivity index (χ3v) is 3.97. The van der Waals surface area contributed by atoms with Crippen LogP contribution in [0.3, 0.4) is 0 Å². The zero-order valence-electron chi connectivity index (χ0n) is 10.3. The first-order chi connectivity index (χ1) is 8.24. The maximum absolute atomic E-state index is 12.7. The van der Waals surface area contributed by atoms with E-state index in [-0.39, 0.29) is 11.3 Å². The number of hydrogen-bond donors (Lipinski definition) is 0. The molecule has 0 saturated heterocycles. The van der Waals surface area contributed by atoms with Gasteiger partial charge in [0.1, 0.15) is 0 Å². The summed E-state index contributed by atoms with van der Waals surface area (Å²) in [4.78, 5) is 12.7. The summed E-state index contributed by atoms with van der Waals surface area (Å²) in [6.07, 6.45) is 14.7. The van der Waals surface area contributed by atoms with Gasteiger partial charge in [-0.2, -0.15) is 0 Å². The van der Waals surface area contributed by atoms with E-state index in [1.165, 1.54) is 5.57 Å². The van der Waals surface area contributed by atoms with Crippen LogP contribution in [0.4, 0.5) is 0 Å². The summed E-state index contributed by atoms with van der Waals surface area (Å²) >= 11 is 0. The molecule has 0 radical (unpaired) electrons. The van der Waals surface area contributed by atoms with E-state index in [1.807, 2.05) is 12.2 Å². The first-order valence-corrected chi connectivity index (χ1v) is 6.38. The summed E-state index contributed by atoms with van der Waals surface area (Å²) in [7, 11) is 0. The summed E-state index contributed by atoms with van der Waals surface area (Å²) in [5.41, 5.74) is 0.941. The molecule has 0 N–H and O–H groups in total. The smallest absolute Gasteiger partial charge is 0.150 e. The number of rotatable bonds is 4. The van der Waals surface area contributed by atoms with E-state index in [0.717, 1.165) is 32.1 Å². The van der Waals surface area contributed by atoms with Crippen molar-refractivity contribution in [2.45, 2.75) is 32.1 Å². The Kier molecular flexibility index (Phi) is 3.46. The van der Waals surface area contributed by atoms with Gasteiger partial charge < -0.3 is 0 Å². The monoisotopic (exact) mass is 228 g/mol. The first-order valence-electron chi connectivity index (χ1n) is 6.38. The lowest BCUT2D eigenvalue weighted by Crippen LogP contribution is -2.40. The van der Waals surface area contributed by atoms with E-state index >= 15 is 0 Å². The number of Topliss-reactive ketones (excluding diaryl/α,β-unsaturated/α-hetero) is 1. The van der Waals surface area contributed by atoms with Gasteiger partial charge in [0.25, 0.3) is 0 Å². The third-order valence-electron chi connectivity index (χ3n) is 3.97. The number of ketones is 1. The van der Waals surface area contributed by atoms with Gasteiger partial charge in [0, 0.05) is 5.92 Å². The molecule has 17 heavy (non-hydrogen) atoms. The second-order valence-corrected chi connectivity index (χ2v) is 4.96. The van der Waals surface area contributed by atoms with E-state index in [2.05, 4.69) is 31.4 Å². The van der Waals surface area contributed by atoms with E-state index in [4.69, 9.17) is 0 Å². The molecule has 0 bridgehead atoms. The van der Waals surface area contributed by atoms with Crippen LogP contribution in [-0.2, 0) is 4.79 Å². The normalized spacial score (nSPS) is 31.6. The number of allylic oxidation sites excluding steroid dienone is 6. The average Bonchev–Trinajstić information content (AvgIpc) is 2.34. The fourth-order valence-corrected chi connectivity index (χ4v) is 3.11. The van der Waals surface area contributed by atoms with Crippen molar-refractivity contribution in [3.8, 4) is 0 Å². The van der Waals surface area contributed by atoms with Gasteiger partial charge in [0.2, 0.25) is 0 Å². The van der Waals surface area contributed by atoms with Gasteiger partial charge in [-0.25, -0.2) is 0 Å². The highest BCUT2D eigenvalue weighted by molar-refractivity contribution is 5.93. The summed E-state index contributed by atoms with van der Waals surface area (Å²) in [5, 5.41) is 0. The highest BCUT2D eigenvalue weighted by Crippen LogP contribution is 2.47. The molecule has 1 fully saturated rings. The molecule has 2 unspecified atom stereocenters. The van der Waals surface area contributed by atoms with Crippen molar-refractivity contribution in [2.75, 3.05) is 0 Å². The molecule has 1 nitrogen and oxygen atoms in total. The molecule has 0 aromatic carbocycles. The molecule has 0 amide bonds. The van der Waals surface area contributed by atoms with Gasteiger partial charge in [-0.15, -0.1) is 13.2 Å². The minimum absolute atomic E-state index is 0.146. The van der Waals surface area contributed by atoms with Crippen molar-refractivity contribution in [1.29, 1.82) is 0 Å². The quantitative estimate of drug-likeness (QED) is 0.665. The van der Waals surface area contributed by atoms with Gasteiger partial charge in [-0.1, -0.05) is 36.0 Å². The molecular weight excluding hydrogens is 208 g/mol. The Morgan fingerprint density at radius 1 is 1.41 bits per heavy atom. The molecule has 1 saturated carbocycles. The Morgan fingerprint density at radius 2 is 2.24 bits per heavy atom. The maximum atomic E-state index is 12.7. The summed E-state index contributed by atoms with van der Waals surface area (Å²) in [6, 6.07) is 0. The van der Waals surface area contributed by atoms with E-state index < -0.39 is 0 Å². The zero-order chi connectivity index (χ0) is 12.3. The molecule has 2 aliphatic carbocycles. The van der Waals surface area contributed by atoms with Crippen molar-refractivity contribution < 1.29 is 4.79 Å². The Hall–Kier alpha value is -1.37. The average molecular weight is 228 g/mol. The molecule has 0 heterocycles. The van der Waals surface area contributed by atoms with Crippen LogP contribution in [0.1, 0.15) is 32.1 Å². The van der Waals surface area contributed by atoms with Crippen LogP contribution >= 0.6 is 0 Å². The Labute approximate surface area is 104 Å². The van der Waals surface area contributed by atoms with Gasteiger partial charge >= 0.3 is 0 Å². The maximum Gasteiger partial charge on any atom is 0.150 e. The summed E-state index contributed by atoms with van der Waals surface area (Å²) < 4.78 is 0. The second kappa shape index (κ2) is 4.87. The Morgan fingerprint density at radius 3 is 2.94 bits per heavy atom. The van der Waals surface area contributed by atoms with Crippen LogP contribution in [0.5, 0.6) is 0 Å².